The molecule has 0 saturated heterocycles. The fourth-order valence-electron chi connectivity index (χ4n) is 1.44. The minimum absolute atomic E-state index is 0.0767. The number of halogens is 2. The van der Waals surface area contributed by atoms with Crippen LogP contribution >= 0.6 is 11.6 Å². The zero-order valence-corrected chi connectivity index (χ0v) is 8.44. The molecule has 2 nitrogen and oxygen atoms in total. The van der Waals surface area contributed by atoms with Crippen LogP contribution in [-0.2, 0) is 5.60 Å². The lowest BCUT2D eigenvalue weighted by molar-refractivity contribution is 0.145. The third kappa shape index (κ3) is 1.47. The second kappa shape index (κ2) is 3.11. The summed E-state index contributed by atoms with van der Waals surface area (Å²) >= 11 is 5.78. The number of methoxy groups -OCH3 is 1. The minimum atomic E-state index is -1.03. The molecular formula is C10H10ClFO2. The van der Waals surface area contributed by atoms with E-state index in [4.69, 9.17) is 16.3 Å². The zero-order chi connectivity index (χ0) is 10.3. The number of hydrogen-bond donors (Lipinski definition) is 1. The van der Waals surface area contributed by atoms with Crippen molar-refractivity contribution in [2.24, 2.45) is 0 Å². The summed E-state index contributed by atoms with van der Waals surface area (Å²) in [6.07, 6.45) is 1.15. The fraction of sp³-hybridized carbons (Fsp3) is 0.400. The summed E-state index contributed by atoms with van der Waals surface area (Å²) in [6, 6.07) is 2.85. The van der Waals surface area contributed by atoms with Gasteiger partial charge in [-0.05, 0) is 18.9 Å². The predicted molar refractivity (Wildman–Crippen MR) is 51.1 cm³/mol. The van der Waals surface area contributed by atoms with Crippen LogP contribution in [0, 0.1) is 5.82 Å². The summed E-state index contributed by atoms with van der Waals surface area (Å²) in [5.41, 5.74) is -0.788. The lowest BCUT2D eigenvalue weighted by Crippen LogP contribution is -2.08. The van der Waals surface area contributed by atoms with E-state index in [0.29, 0.717) is 17.9 Å². The Balaban J connectivity index is 2.54. The fourth-order valence-corrected chi connectivity index (χ4v) is 1.65. The van der Waals surface area contributed by atoms with Gasteiger partial charge in [0, 0.05) is 16.7 Å². The van der Waals surface area contributed by atoms with Gasteiger partial charge in [-0.15, -0.1) is 0 Å². The van der Waals surface area contributed by atoms with Crippen LogP contribution in [0.4, 0.5) is 4.39 Å². The number of rotatable bonds is 2. The van der Waals surface area contributed by atoms with Crippen molar-refractivity contribution in [3.8, 4) is 5.75 Å². The van der Waals surface area contributed by atoms with Crippen molar-refractivity contribution in [1.29, 1.82) is 0 Å². The molecule has 1 saturated carbocycles. The Bertz CT molecular complexity index is 375. The van der Waals surface area contributed by atoms with Gasteiger partial charge in [-0.3, -0.25) is 0 Å². The van der Waals surface area contributed by atoms with Crippen LogP contribution < -0.4 is 4.74 Å². The second-order valence-corrected chi connectivity index (χ2v) is 3.94. The van der Waals surface area contributed by atoms with E-state index in [9.17, 15) is 9.50 Å². The minimum Gasteiger partial charge on any atom is -0.494 e. The molecule has 1 aromatic carbocycles. The first-order valence-electron chi connectivity index (χ1n) is 4.33. The van der Waals surface area contributed by atoms with Crippen molar-refractivity contribution in [1.82, 2.24) is 0 Å². The third-order valence-electron chi connectivity index (χ3n) is 2.45. The highest BCUT2D eigenvalue weighted by Gasteiger charge is 2.45. The average molecular weight is 217 g/mol. The summed E-state index contributed by atoms with van der Waals surface area (Å²) in [6.45, 7) is 0. The van der Waals surface area contributed by atoms with Gasteiger partial charge in [0.1, 0.15) is 0 Å². The highest BCUT2D eigenvalue weighted by atomic mass is 35.5. The lowest BCUT2D eigenvalue weighted by Gasteiger charge is -2.12. The van der Waals surface area contributed by atoms with Gasteiger partial charge in [-0.1, -0.05) is 11.6 Å². The molecule has 0 spiro atoms. The summed E-state index contributed by atoms with van der Waals surface area (Å²) in [5, 5.41) is 10.1. The summed E-state index contributed by atoms with van der Waals surface area (Å²) in [4.78, 5) is 0. The van der Waals surface area contributed by atoms with Crippen molar-refractivity contribution in [3.05, 3.63) is 28.5 Å². The maximum atomic E-state index is 13.6. The van der Waals surface area contributed by atoms with Crippen LogP contribution in [-0.4, -0.2) is 12.2 Å². The van der Waals surface area contributed by atoms with E-state index in [-0.39, 0.29) is 11.3 Å². The number of benzene rings is 1. The van der Waals surface area contributed by atoms with E-state index >= 15 is 0 Å². The third-order valence-corrected chi connectivity index (χ3v) is 2.67. The van der Waals surface area contributed by atoms with Crippen molar-refractivity contribution in [2.75, 3.05) is 7.11 Å². The van der Waals surface area contributed by atoms with Crippen LogP contribution in [0.5, 0.6) is 5.75 Å². The molecule has 14 heavy (non-hydrogen) atoms. The second-order valence-electron chi connectivity index (χ2n) is 3.50. The molecule has 1 aliphatic carbocycles. The standard InChI is InChI=1S/C10H10ClFO2/c1-14-8-5-6(11)4-7(9(8)12)10(13)2-3-10/h4-5,13H,2-3H2,1H3. The van der Waals surface area contributed by atoms with Gasteiger partial charge < -0.3 is 9.84 Å². The Morgan fingerprint density at radius 1 is 1.50 bits per heavy atom. The Hall–Kier alpha value is -0.800. The first-order valence-corrected chi connectivity index (χ1v) is 4.70. The van der Waals surface area contributed by atoms with E-state index < -0.39 is 11.4 Å². The van der Waals surface area contributed by atoms with Crippen molar-refractivity contribution >= 4 is 11.6 Å². The van der Waals surface area contributed by atoms with Gasteiger partial charge in [0.05, 0.1) is 12.7 Å². The monoisotopic (exact) mass is 216 g/mol. The molecule has 0 bridgehead atoms. The molecule has 1 aliphatic rings. The van der Waals surface area contributed by atoms with Crippen LogP contribution in [0.2, 0.25) is 5.02 Å². The molecule has 0 heterocycles. The van der Waals surface area contributed by atoms with Gasteiger partial charge >= 0.3 is 0 Å². The molecule has 0 unspecified atom stereocenters. The highest BCUT2D eigenvalue weighted by Crippen LogP contribution is 2.48. The zero-order valence-electron chi connectivity index (χ0n) is 7.68. The predicted octanol–water partition coefficient (Wildman–Crippen LogP) is 2.47. The normalized spacial score (nSPS) is 18.0. The van der Waals surface area contributed by atoms with E-state index in [1.165, 1.54) is 19.2 Å². The average Bonchev–Trinajstić information content (AvgIpc) is 2.88. The van der Waals surface area contributed by atoms with Crippen molar-refractivity contribution in [2.45, 2.75) is 18.4 Å². The van der Waals surface area contributed by atoms with Gasteiger partial charge in [0.2, 0.25) is 0 Å². The number of hydrogen-bond acceptors (Lipinski definition) is 2. The Morgan fingerprint density at radius 3 is 2.64 bits per heavy atom. The van der Waals surface area contributed by atoms with E-state index in [1.54, 1.807) is 0 Å². The smallest absolute Gasteiger partial charge is 0.171 e. The molecule has 0 atom stereocenters. The molecule has 0 radical (unpaired) electrons. The SMILES string of the molecule is COc1cc(Cl)cc(C2(O)CC2)c1F. The molecule has 0 aromatic heterocycles. The first-order chi connectivity index (χ1) is 6.57. The topological polar surface area (TPSA) is 29.5 Å². The Morgan fingerprint density at radius 2 is 2.14 bits per heavy atom. The molecule has 0 amide bonds. The van der Waals surface area contributed by atoms with E-state index in [1.807, 2.05) is 0 Å². The van der Waals surface area contributed by atoms with Crippen LogP contribution in [0.1, 0.15) is 18.4 Å². The van der Waals surface area contributed by atoms with Crippen molar-refractivity contribution < 1.29 is 14.2 Å². The maximum absolute atomic E-state index is 13.6. The molecule has 1 N–H and O–H groups in total. The number of aliphatic hydroxyl groups is 1. The van der Waals surface area contributed by atoms with Crippen molar-refractivity contribution in [3.63, 3.8) is 0 Å². The van der Waals surface area contributed by atoms with E-state index in [0.717, 1.165) is 0 Å². The van der Waals surface area contributed by atoms with Crippen LogP contribution in [0.15, 0.2) is 12.1 Å². The molecule has 1 aromatic rings. The largest absolute Gasteiger partial charge is 0.494 e. The lowest BCUT2D eigenvalue weighted by atomic mass is 10.1. The molecule has 0 aliphatic heterocycles. The summed E-state index contributed by atoms with van der Waals surface area (Å²) in [7, 11) is 1.37. The summed E-state index contributed by atoms with van der Waals surface area (Å²) < 4.78 is 18.5. The van der Waals surface area contributed by atoms with E-state index in [2.05, 4.69) is 0 Å². The van der Waals surface area contributed by atoms with Gasteiger partial charge in [0.25, 0.3) is 0 Å². The Labute approximate surface area is 86.3 Å². The van der Waals surface area contributed by atoms with Gasteiger partial charge in [-0.25, -0.2) is 4.39 Å². The van der Waals surface area contributed by atoms with Gasteiger partial charge in [-0.2, -0.15) is 0 Å². The highest BCUT2D eigenvalue weighted by molar-refractivity contribution is 6.30. The quantitative estimate of drug-likeness (QED) is 0.823. The molecule has 2 rings (SSSR count). The van der Waals surface area contributed by atoms with Crippen LogP contribution in [0.3, 0.4) is 0 Å². The Kier molecular flexibility index (Phi) is 2.16. The maximum Gasteiger partial charge on any atom is 0.171 e. The summed E-state index contributed by atoms with van der Waals surface area (Å²) in [5.74, 6) is -0.440. The molecule has 76 valence electrons. The van der Waals surface area contributed by atoms with Gasteiger partial charge in [0.15, 0.2) is 11.6 Å². The first kappa shape index (κ1) is 9.74. The number of ether oxygens (including phenoxy) is 1. The molecular weight excluding hydrogens is 207 g/mol. The molecule has 4 heteroatoms. The molecule has 1 fully saturated rings. The van der Waals surface area contributed by atoms with Crippen LogP contribution in [0.25, 0.3) is 0 Å².